The van der Waals surface area contributed by atoms with Gasteiger partial charge in [0.15, 0.2) is 0 Å². The number of aliphatic hydroxyl groups excluding tert-OH is 1. The third-order valence-electron chi connectivity index (χ3n) is 3.82. The summed E-state index contributed by atoms with van der Waals surface area (Å²) >= 11 is 0. The van der Waals surface area contributed by atoms with Crippen LogP contribution in [-0.4, -0.2) is 46.3 Å². The van der Waals surface area contributed by atoms with Crippen LogP contribution in [0.2, 0.25) is 0 Å². The summed E-state index contributed by atoms with van der Waals surface area (Å²) in [7, 11) is 0. The largest absolute Gasteiger partial charge is 0.473 e. The standard InChI is InChI=1S/C13H17FN2O2/c14-12-2-1-3-13(15-12)18-9-6-7-16(8-9)10-4-5-11(10)17/h1-3,9-11,17H,4-8H2. The van der Waals surface area contributed by atoms with E-state index in [1.165, 1.54) is 6.07 Å². The molecule has 0 aromatic carbocycles. The SMILES string of the molecule is OC1CCC1N1CCC(Oc2cccc(F)n2)C1. The summed E-state index contributed by atoms with van der Waals surface area (Å²) in [5.41, 5.74) is 0. The Balaban J connectivity index is 1.56. The fourth-order valence-corrected chi connectivity index (χ4v) is 2.67. The summed E-state index contributed by atoms with van der Waals surface area (Å²) < 4.78 is 18.6. The highest BCUT2D eigenvalue weighted by molar-refractivity contribution is 5.11. The average Bonchev–Trinajstić information content (AvgIpc) is 2.75. The number of hydrogen-bond acceptors (Lipinski definition) is 4. The van der Waals surface area contributed by atoms with Gasteiger partial charge in [-0.05, 0) is 25.3 Å². The van der Waals surface area contributed by atoms with E-state index in [-0.39, 0.29) is 12.2 Å². The Morgan fingerprint density at radius 3 is 2.89 bits per heavy atom. The normalized spacial score (nSPS) is 32.2. The predicted octanol–water partition coefficient (Wildman–Crippen LogP) is 1.20. The molecule has 1 saturated carbocycles. The first-order chi connectivity index (χ1) is 8.72. The zero-order chi connectivity index (χ0) is 12.5. The van der Waals surface area contributed by atoms with Crippen molar-refractivity contribution in [2.75, 3.05) is 13.1 Å². The Kier molecular flexibility index (Phi) is 3.18. The highest BCUT2D eigenvalue weighted by Crippen LogP contribution is 2.29. The van der Waals surface area contributed by atoms with Gasteiger partial charge >= 0.3 is 0 Å². The summed E-state index contributed by atoms with van der Waals surface area (Å²) in [6, 6.07) is 4.86. The van der Waals surface area contributed by atoms with Crippen LogP contribution in [0.1, 0.15) is 19.3 Å². The van der Waals surface area contributed by atoms with Crippen LogP contribution in [0, 0.1) is 5.95 Å². The van der Waals surface area contributed by atoms with Crippen LogP contribution in [0.25, 0.3) is 0 Å². The fourth-order valence-electron chi connectivity index (χ4n) is 2.67. The number of likely N-dealkylation sites (tertiary alicyclic amines) is 1. The topological polar surface area (TPSA) is 45.6 Å². The monoisotopic (exact) mass is 252 g/mol. The van der Waals surface area contributed by atoms with E-state index in [1.54, 1.807) is 12.1 Å². The number of nitrogens with zero attached hydrogens (tertiary/aromatic N) is 2. The molecule has 18 heavy (non-hydrogen) atoms. The van der Waals surface area contributed by atoms with Crippen LogP contribution in [0.5, 0.6) is 5.88 Å². The van der Waals surface area contributed by atoms with Gasteiger partial charge in [-0.2, -0.15) is 9.37 Å². The van der Waals surface area contributed by atoms with Crippen LogP contribution < -0.4 is 4.74 Å². The number of rotatable bonds is 3. The molecule has 0 radical (unpaired) electrons. The average molecular weight is 252 g/mol. The second kappa shape index (κ2) is 4.82. The minimum Gasteiger partial charge on any atom is -0.473 e. The number of ether oxygens (including phenoxy) is 1. The molecule has 3 rings (SSSR count). The van der Waals surface area contributed by atoms with Crippen LogP contribution in [0.15, 0.2) is 18.2 Å². The summed E-state index contributed by atoms with van der Waals surface area (Å²) in [6.45, 7) is 1.72. The molecule has 0 spiro atoms. The van der Waals surface area contributed by atoms with E-state index in [4.69, 9.17) is 4.74 Å². The highest BCUT2D eigenvalue weighted by atomic mass is 19.1. The number of halogens is 1. The minimum absolute atomic E-state index is 0.0482. The third-order valence-corrected chi connectivity index (χ3v) is 3.82. The van der Waals surface area contributed by atoms with Crippen molar-refractivity contribution in [3.8, 4) is 5.88 Å². The third kappa shape index (κ3) is 2.33. The van der Waals surface area contributed by atoms with E-state index in [0.29, 0.717) is 11.9 Å². The van der Waals surface area contributed by atoms with Crippen LogP contribution in [-0.2, 0) is 0 Å². The molecule has 4 nitrogen and oxygen atoms in total. The van der Waals surface area contributed by atoms with Crippen molar-refractivity contribution in [1.29, 1.82) is 0 Å². The molecule has 1 aliphatic heterocycles. The van der Waals surface area contributed by atoms with Gasteiger partial charge in [0.2, 0.25) is 11.8 Å². The molecular weight excluding hydrogens is 235 g/mol. The van der Waals surface area contributed by atoms with E-state index in [2.05, 4.69) is 9.88 Å². The molecule has 5 heteroatoms. The van der Waals surface area contributed by atoms with Crippen molar-refractivity contribution < 1.29 is 14.2 Å². The Hall–Kier alpha value is -1.20. The fraction of sp³-hybridized carbons (Fsp3) is 0.615. The Morgan fingerprint density at radius 1 is 1.33 bits per heavy atom. The van der Waals surface area contributed by atoms with Gasteiger partial charge in [0, 0.05) is 25.2 Å². The van der Waals surface area contributed by atoms with Gasteiger partial charge in [0.05, 0.1) is 6.10 Å². The van der Waals surface area contributed by atoms with Crippen molar-refractivity contribution in [3.63, 3.8) is 0 Å². The van der Waals surface area contributed by atoms with Crippen LogP contribution in [0.3, 0.4) is 0 Å². The zero-order valence-corrected chi connectivity index (χ0v) is 10.1. The van der Waals surface area contributed by atoms with Gasteiger partial charge in [-0.3, -0.25) is 4.90 Å². The van der Waals surface area contributed by atoms with Gasteiger partial charge in [-0.1, -0.05) is 6.07 Å². The lowest BCUT2D eigenvalue weighted by atomic mass is 9.88. The second-order valence-corrected chi connectivity index (χ2v) is 5.03. The van der Waals surface area contributed by atoms with Gasteiger partial charge in [0.1, 0.15) is 6.10 Å². The van der Waals surface area contributed by atoms with Gasteiger partial charge in [-0.15, -0.1) is 0 Å². The van der Waals surface area contributed by atoms with Crippen LogP contribution in [0.4, 0.5) is 4.39 Å². The Morgan fingerprint density at radius 2 is 2.22 bits per heavy atom. The lowest BCUT2D eigenvalue weighted by molar-refractivity contribution is -0.0145. The summed E-state index contributed by atoms with van der Waals surface area (Å²) in [4.78, 5) is 5.96. The van der Waals surface area contributed by atoms with Crippen LogP contribution >= 0.6 is 0 Å². The molecule has 3 atom stereocenters. The van der Waals surface area contributed by atoms with E-state index in [0.717, 1.165) is 32.4 Å². The van der Waals surface area contributed by atoms with Crippen molar-refractivity contribution in [3.05, 3.63) is 24.1 Å². The van der Waals surface area contributed by atoms with E-state index in [9.17, 15) is 9.50 Å². The molecule has 2 aliphatic rings. The smallest absolute Gasteiger partial charge is 0.216 e. The number of aliphatic hydroxyl groups is 1. The summed E-state index contributed by atoms with van der Waals surface area (Å²) in [5.74, 6) is -0.173. The van der Waals surface area contributed by atoms with E-state index >= 15 is 0 Å². The summed E-state index contributed by atoms with van der Waals surface area (Å²) in [6.07, 6.45) is 2.73. The zero-order valence-electron chi connectivity index (χ0n) is 10.1. The van der Waals surface area contributed by atoms with Crippen molar-refractivity contribution in [2.24, 2.45) is 0 Å². The molecule has 1 N–H and O–H groups in total. The van der Waals surface area contributed by atoms with Crippen molar-refractivity contribution in [2.45, 2.75) is 37.5 Å². The molecule has 0 amide bonds. The van der Waals surface area contributed by atoms with Crippen molar-refractivity contribution >= 4 is 0 Å². The maximum Gasteiger partial charge on any atom is 0.216 e. The maximum atomic E-state index is 12.9. The predicted molar refractivity (Wildman–Crippen MR) is 63.8 cm³/mol. The molecular formula is C13H17FN2O2. The van der Waals surface area contributed by atoms with E-state index < -0.39 is 5.95 Å². The van der Waals surface area contributed by atoms with Gasteiger partial charge in [-0.25, -0.2) is 0 Å². The number of aromatic nitrogens is 1. The molecule has 1 aromatic heterocycles. The molecule has 2 fully saturated rings. The molecule has 3 unspecified atom stereocenters. The molecule has 1 aliphatic carbocycles. The quantitative estimate of drug-likeness (QED) is 0.821. The molecule has 1 aromatic rings. The second-order valence-electron chi connectivity index (χ2n) is 5.03. The van der Waals surface area contributed by atoms with Gasteiger partial charge < -0.3 is 9.84 Å². The lowest BCUT2D eigenvalue weighted by Gasteiger charge is -2.39. The molecule has 0 bridgehead atoms. The number of pyridine rings is 1. The van der Waals surface area contributed by atoms with Gasteiger partial charge in [0.25, 0.3) is 0 Å². The lowest BCUT2D eigenvalue weighted by Crippen LogP contribution is -2.49. The maximum absolute atomic E-state index is 12.9. The first kappa shape index (κ1) is 11.9. The Labute approximate surface area is 105 Å². The first-order valence-electron chi connectivity index (χ1n) is 6.44. The first-order valence-corrected chi connectivity index (χ1v) is 6.44. The van der Waals surface area contributed by atoms with Crippen molar-refractivity contribution in [1.82, 2.24) is 9.88 Å². The minimum atomic E-state index is -0.517. The molecule has 1 saturated heterocycles. The highest BCUT2D eigenvalue weighted by Gasteiger charge is 2.38. The summed E-state index contributed by atoms with van der Waals surface area (Å²) in [5, 5.41) is 9.64. The number of hydrogen-bond donors (Lipinski definition) is 1. The molecule has 2 heterocycles. The van der Waals surface area contributed by atoms with E-state index in [1.807, 2.05) is 0 Å². The molecule has 98 valence electrons. The Bertz CT molecular complexity index is 429.